The van der Waals surface area contributed by atoms with E-state index in [9.17, 15) is 0 Å². The lowest BCUT2D eigenvalue weighted by molar-refractivity contribution is 0.585. The minimum Gasteiger partial charge on any atom is -0.356 e. The molecule has 1 atom stereocenters. The van der Waals surface area contributed by atoms with Crippen LogP contribution in [0.1, 0.15) is 56.6 Å². The fraction of sp³-hybridized carbons (Fsp3) is 0.545. The molecule has 0 aliphatic heterocycles. The van der Waals surface area contributed by atoms with Gasteiger partial charge in [-0.25, -0.2) is 4.98 Å². The number of rotatable bonds is 9. The molecule has 0 saturated heterocycles. The van der Waals surface area contributed by atoms with Crippen LogP contribution in [-0.4, -0.2) is 29.1 Å². The summed E-state index contributed by atoms with van der Waals surface area (Å²) in [4.78, 5) is 8.61. The molecule has 1 heterocycles. The number of halogens is 1. The Morgan fingerprint density at radius 3 is 2.43 bits per heavy atom. The number of unbranched alkanes of at least 4 members (excludes halogenated alkanes) is 1. The van der Waals surface area contributed by atoms with Gasteiger partial charge in [0.05, 0.1) is 6.04 Å². The van der Waals surface area contributed by atoms with E-state index in [1.54, 1.807) is 0 Å². The van der Waals surface area contributed by atoms with E-state index in [0.717, 1.165) is 44.1 Å². The van der Waals surface area contributed by atoms with Crippen molar-refractivity contribution in [3.05, 3.63) is 53.6 Å². The van der Waals surface area contributed by atoms with Gasteiger partial charge in [-0.2, -0.15) is 0 Å². The Morgan fingerprint density at radius 1 is 1.14 bits per heavy atom. The van der Waals surface area contributed by atoms with Gasteiger partial charge < -0.3 is 15.2 Å². The Balaban J connectivity index is 0.00000392. The highest BCUT2D eigenvalue weighted by Crippen LogP contribution is 2.15. The zero-order valence-electron chi connectivity index (χ0n) is 17.9. The summed E-state index contributed by atoms with van der Waals surface area (Å²) in [5, 5.41) is 6.90. The second kappa shape index (κ2) is 12.8. The third kappa shape index (κ3) is 8.20. The molecule has 0 amide bonds. The van der Waals surface area contributed by atoms with Crippen LogP contribution in [0.15, 0.2) is 41.7 Å². The molecule has 2 rings (SSSR count). The lowest BCUT2D eigenvalue weighted by Gasteiger charge is -2.19. The first-order chi connectivity index (χ1) is 13.0. The summed E-state index contributed by atoms with van der Waals surface area (Å²) in [7, 11) is 1.82. The highest BCUT2D eigenvalue weighted by molar-refractivity contribution is 14.0. The highest BCUT2D eigenvalue weighted by Gasteiger charge is 2.08. The summed E-state index contributed by atoms with van der Waals surface area (Å²) in [5.74, 6) is 2.62. The number of aryl methyl sites for hydroxylation is 2. The molecule has 28 heavy (non-hydrogen) atoms. The molecular formula is C22H36IN5. The van der Waals surface area contributed by atoms with Crippen molar-refractivity contribution < 1.29 is 0 Å². The first kappa shape index (κ1) is 24.5. The second-order valence-corrected chi connectivity index (χ2v) is 7.58. The standard InChI is InChI=1S/C22H35N5.HI/c1-17(2)16-20-8-10-21(11-9-20)18(3)26-22(23-5)25-12-6-7-14-27-15-13-24-19(27)4;/h8-11,13,15,17-18H,6-7,12,14,16H2,1-5H3,(H2,23,25,26);1H. The molecule has 1 unspecified atom stereocenters. The first-order valence-electron chi connectivity index (χ1n) is 10.0. The van der Waals surface area contributed by atoms with Gasteiger partial charge in [-0.1, -0.05) is 38.1 Å². The van der Waals surface area contributed by atoms with Gasteiger partial charge in [0, 0.05) is 32.5 Å². The van der Waals surface area contributed by atoms with Gasteiger partial charge >= 0.3 is 0 Å². The molecule has 6 heteroatoms. The molecule has 5 nitrogen and oxygen atoms in total. The van der Waals surface area contributed by atoms with E-state index in [2.05, 4.69) is 70.2 Å². The Hall–Kier alpha value is -1.57. The molecule has 0 aliphatic carbocycles. The average molecular weight is 497 g/mol. The summed E-state index contributed by atoms with van der Waals surface area (Å²) < 4.78 is 2.19. The fourth-order valence-electron chi connectivity index (χ4n) is 3.15. The smallest absolute Gasteiger partial charge is 0.191 e. The number of imidazole rings is 1. The molecule has 0 saturated carbocycles. The quantitative estimate of drug-likeness (QED) is 0.228. The minimum absolute atomic E-state index is 0. The molecule has 1 aromatic carbocycles. The third-order valence-corrected chi connectivity index (χ3v) is 4.74. The Morgan fingerprint density at radius 2 is 1.86 bits per heavy atom. The molecule has 0 bridgehead atoms. The number of aromatic nitrogens is 2. The zero-order chi connectivity index (χ0) is 19.6. The largest absolute Gasteiger partial charge is 0.356 e. The fourth-order valence-corrected chi connectivity index (χ4v) is 3.15. The van der Waals surface area contributed by atoms with E-state index in [0.29, 0.717) is 5.92 Å². The number of benzene rings is 1. The summed E-state index contributed by atoms with van der Waals surface area (Å²) in [5.41, 5.74) is 2.68. The van der Waals surface area contributed by atoms with Crippen molar-refractivity contribution in [2.24, 2.45) is 10.9 Å². The van der Waals surface area contributed by atoms with Crippen LogP contribution < -0.4 is 10.6 Å². The molecule has 0 radical (unpaired) electrons. The highest BCUT2D eigenvalue weighted by atomic mass is 127. The molecule has 0 fully saturated rings. The molecular weight excluding hydrogens is 461 g/mol. The average Bonchev–Trinajstić information content (AvgIpc) is 3.05. The van der Waals surface area contributed by atoms with Crippen LogP contribution in [0.5, 0.6) is 0 Å². The zero-order valence-corrected chi connectivity index (χ0v) is 20.2. The molecule has 1 aromatic heterocycles. The molecule has 2 aromatic rings. The van der Waals surface area contributed by atoms with E-state index >= 15 is 0 Å². The Bertz CT molecular complexity index is 706. The lowest BCUT2D eigenvalue weighted by Crippen LogP contribution is -2.39. The maximum Gasteiger partial charge on any atom is 0.191 e. The summed E-state index contributed by atoms with van der Waals surface area (Å²) in [6.45, 7) is 10.6. The molecule has 0 spiro atoms. The van der Waals surface area contributed by atoms with Gasteiger partial charge in [0.15, 0.2) is 5.96 Å². The lowest BCUT2D eigenvalue weighted by atomic mass is 10.00. The van der Waals surface area contributed by atoms with Crippen LogP contribution in [-0.2, 0) is 13.0 Å². The van der Waals surface area contributed by atoms with Crippen molar-refractivity contribution in [3.63, 3.8) is 0 Å². The predicted octanol–water partition coefficient (Wildman–Crippen LogP) is 4.71. The Labute approximate surface area is 187 Å². The summed E-state index contributed by atoms with van der Waals surface area (Å²) in [6, 6.07) is 9.13. The molecule has 0 aliphatic rings. The SMILES string of the molecule is CN=C(NCCCCn1ccnc1C)NC(C)c1ccc(CC(C)C)cc1.I. The number of nitrogens with one attached hydrogen (secondary N) is 2. The van der Waals surface area contributed by atoms with Crippen molar-refractivity contribution in [2.45, 2.75) is 59.5 Å². The van der Waals surface area contributed by atoms with Crippen molar-refractivity contribution in [1.82, 2.24) is 20.2 Å². The molecule has 2 N–H and O–H groups in total. The number of hydrogen-bond acceptors (Lipinski definition) is 2. The minimum atomic E-state index is 0. The van der Waals surface area contributed by atoms with E-state index in [1.165, 1.54) is 11.1 Å². The summed E-state index contributed by atoms with van der Waals surface area (Å²) in [6.07, 6.45) is 7.24. The van der Waals surface area contributed by atoms with Gasteiger partial charge in [-0.15, -0.1) is 24.0 Å². The maximum absolute atomic E-state index is 4.35. The first-order valence-corrected chi connectivity index (χ1v) is 10.0. The number of aliphatic imine (C=N–C) groups is 1. The number of guanidine groups is 1. The number of hydrogen-bond donors (Lipinski definition) is 2. The van der Waals surface area contributed by atoms with Crippen LogP contribution in [0.2, 0.25) is 0 Å². The van der Waals surface area contributed by atoms with Crippen molar-refractivity contribution in [2.75, 3.05) is 13.6 Å². The maximum atomic E-state index is 4.35. The Kier molecular flexibility index (Phi) is 11.2. The van der Waals surface area contributed by atoms with Crippen molar-refractivity contribution >= 4 is 29.9 Å². The van der Waals surface area contributed by atoms with E-state index in [-0.39, 0.29) is 30.0 Å². The third-order valence-electron chi connectivity index (χ3n) is 4.74. The number of nitrogens with zero attached hydrogens (tertiary/aromatic N) is 3. The molecule has 156 valence electrons. The van der Waals surface area contributed by atoms with Crippen LogP contribution in [0.4, 0.5) is 0 Å². The topological polar surface area (TPSA) is 54.2 Å². The second-order valence-electron chi connectivity index (χ2n) is 7.58. The van der Waals surface area contributed by atoms with Gasteiger partial charge in [0.2, 0.25) is 0 Å². The summed E-state index contributed by atoms with van der Waals surface area (Å²) >= 11 is 0. The van der Waals surface area contributed by atoms with Gasteiger partial charge in [-0.05, 0) is 50.2 Å². The van der Waals surface area contributed by atoms with Crippen LogP contribution in [0.25, 0.3) is 0 Å². The normalized spacial score (nSPS) is 12.6. The van der Waals surface area contributed by atoms with Gasteiger partial charge in [0.25, 0.3) is 0 Å². The van der Waals surface area contributed by atoms with Crippen molar-refractivity contribution in [3.8, 4) is 0 Å². The van der Waals surface area contributed by atoms with E-state index in [4.69, 9.17) is 0 Å². The van der Waals surface area contributed by atoms with Crippen LogP contribution in [0, 0.1) is 12.8 Å². The predicted molar refractivity (Wildman–Crippen MR) is 130 cm³/mol. The van der Waals surface area contributed by atoms with Crippen LogP contribution >= 0.6 is 24.0 Å². The van der Waals surface area contributed by atoms with Gasteiger partial charge in [0.1, 0.15) is 5.82 Å². The monoisotopic (exact) mass is 497 g/mol. The van der Waals surface area contributed by atoms with Crippen LogP contribution in [0.3, 0.4) is 0 Å². The van der Waals surface area contributed by atoms with Crippen molar-refractivity contribution in [1.29, 1.82) is 0 Å². The van der Waals surface area contributed by atoms with E-state index in [1.807, 2.05) is 26.4 Å². The van der Waals surface area contributed by atoms with Gasteiger partial charge in [-0.3, -0.25) is 4.99 Å². The van der Waals surface area contributed by atoms with E-state index < -0.39 is 0 Å².